The molecule has 0 bridgehead atoms. The first-order valence-electron chi connectivity index (χ1n) is 16.3. The fourth-order valence-electron chi connectivity index (χ4n) is 6.69. The number of benzene rings is 3. The second-order valence-corrected chi connectivity index (χ2v) is 12.6. The molecule has 47 heavy (non-hydrogen) atoms. The fraction of sp³-hybridized carbons (Fsp3) is 0.316. The number of carboxylic acid groups (broad SMARTS) is 1. The number of nitrogens with one attached hydrogen (secondary N) is 3. The van der Waals surface area contributed by atoms with E-state index in [1.165, 1.54) is 0 Å². The summed E-state index contributed by atoms with van der Waals surface area (Å²) in [4.78, 5) is 41.6. The van der Waals surface area contributed by atoms with Crippen LogP contribution in [0.5, 0.6) is 0 Å². The average Bonchev–Trinajstić information content (AvgIpc) is 3.07. The van der Waals surface area contributed by atoms with Crippen molar-refractivity contribution in [2.75, 3.05) is 5.32 Å². The van der Waals surface area contributed by atoms with Crippen LogP contribution in [0.25, 0.3) is 22.4 Å². The van der Waals surface area contributed by atoms with Gasteiger partial charge in [0.25, 0.3) is 0 Å². The summed E-state index contributed by atoms with van der Waals surface area (Å²) in [6.07, 6.45) is 6.53. The first kappa shape index (κ1) is 31.8. The van der Waals surface area contributed by atoms with Crippen LogP contribution in [0.1, 0.15) is 62.5 Å². The van der Waals surface area contributed by atoms with Crippen molar-refractivity contribution in [3.8, 4) is 22.4 Å². The molecular formula is C38H40N4O5. The number of hydrogen-bond acceptors (Lipinski definition) is 5. The van der Waals surface area contributed by atoms with Crippen molar-refractivity contribution in [1.82, 2.24) is 15.6 Å². The summed E-state index contributed by atoms with van der Waals surface area (Å²) in [5.74, 6) is 0.181. The van der Waals surface area contributed by atoms with E-state index in [1.54, 1.807) is 6.20 Å². The van der Waals surface area contributed by atoms with Gasteiger partial charge in [0, 0.05) is 23.6 Å². The molecule has 6 rings (SSSR count). The summed E-state index contributed by atoms with van der Waals surface area (Å²) in [7, 11) is 0. The molecular weight excluding hydrogens is 592 g/mol. The highest BCUT2D eigenvalue weighted by Crippen LogP contribution is 2.42. The van der Waals surface area contributed by atoms with E-state index in [1.807, 2.05) is 91.0 Å². The van der Waals surface area contributed by atoms with E-state index < -0.39 is 17.7 Å². The van der Waals surface area contributed by atoms with E-state index >= 15 is 0 Å². The minimum absolute atomic E-state index is 0.0458. The largest absolute Gasteiger partial charge is 0.465 e. The van der Waals surface area contributed by atoms with Gasteiger partial charge in [-0.2, -0.15) is 0 Å². The molecule has 0 unspecified atom stereocenters. The quantitative estimate of drug-likeness (QED) is 0.141. The molecule has 0 spiro atoms. The van der Waals surface area contributed by atoms with Gasteiger partial charge in [0.2, 0.25) is 5.91 Å². The molecule has 242 valence electrons. The molecule has 3 aromatic carbocycles. The molecule has 2 aliphatic rings. The second-order valence-electron chi connectivity index (χ2n) is 12.6. The molecule has 1 heterocycles. The molecule has 9 heteroatoms. The maximum Gasteiger partial charge on any atom is 0.407 e. The van der Waals surface area contributed by atoms with Gasteiger partial charge in [-0.3, -0.25) is 9.78 Å². The lowest BCUT2D eigenvalue weighted by Crippen LogP contribution is -2.50. The number of carbonyl (C=O) groups excluding carboxylic acids is 2. The molecule has 1 aromatic heterocycles. The second kappa shape index (κ2) is 14.5. The lowest BCUT2D eigenvalue weighted by Gasteiger charge is -2.42. The standard InChI is InChI=1S/C38H40N4O5/c43-34(22-26-12-18-31(19-13-26)41-37(46)47-25-27-8-3-1-4-9-27)40-32-23-33(28-10-5-2-6-11-28)35(39-24-32)29-14-16-30(17-15-29)38(20-7-21-38)42-36(44)45/h1-6,8-11,14-17,23-24,26,31,42H,7,12-13,18-22,25H2,(H,40,43)(H,41,46)(H,44,45)/t26-,31-. The van der Waals surface area contributed by atoms with Gasteiger partial charge in [0.15, 0.2) is 0 Å². The summed E-state index contributed by atoms with van der Waals surface area (Å²) < 4.78 is 5.36. The van der Waals surface area contributed by atoms with Crippen molar-refractivity contribution in [2.45, 2.75) is 69.6 Å². The number of ether oxygens (including phenoxy) is 1. The normalized spacial score (nSPS) is 18.3. The van der Waals surface area contributed by atoms with Crippen LogP contribution in [-0.2, 0) is 21.7 Å². The molecule has 4 aromatic rings. The summed E-state index contributed by atoms with van der Waals surface area (Å²) in [5.41, 5.74) is 5.56. The Morgan fingerprint density at radius 2 is 1.53 bits per heavy atom. The number of nitrogens with zero attached hydrogens (tertiary/aromatic N) is 1. The highest BCUT2D eigenvalue weighted by molar-refractivity contribution is 5.93. The maximum atomic E-state index is 13.1. The number of carbonyl (C=O) groups is 3. The SMILES string of the molecule is O=C(O)NC1(c2ccc(-c3ncc(NC(=O)C[C@H]4CC[C@H](NC(=O)OCc5ccccc5)CC4)cc3-c3ccccc3)cc2)CCC1. The molecule has 2 fully saturated rings. The summed E-state index contributed by atoms with van der Waals surface area (Å²) in [6.45, 7) is 0.239. The molecule has 2 saturated carbocycles. The van der Waals surface area contributed by atoms with Crippen molar-refractivity contribution in [3.63, 3.8) is 0 Å². The number of rotatable bonds is 10. The van der Waals surface area contributed by atoms with Crippen LogP contribution in [0, 0.1) is 5.92 Å². The number of anilines is 1. The van der Waals surface area contributed by atoms with Crippen molar-refractivity contribution in [1.29, 1.82) is 0 Å². The van der Waals surface area contributed by atoms with Crippen molar-refractivity contribution in [2.24, 2.45) is 5.92 Å². The zero-order chi connectivity index (χ0) is 32.6. The Labute approximate surface area is 274 Å². The van der Waals surface area contributed by atoms with E-state index in [9.17, 15) is 19.5 Å². The average molecular weight is 633 g/mol. The van der Waals surface area contributed by atoms with Crippen LogP contribution in [0.4, 0.5) is 15.3 Å². The highest BCUT2D eigenvalue weighted by atomic mass is 16.5. The number of alkyl carbamates (subject to hydrolysis) is 1. The Morgan fingerprint density at radius 1 is 0.851 bits per heavy atom. The van der Waals surface area contributed by atoms with E-state index in [0.717, 1.165) is 78.5 Å². The maximum absolute atomic E-state index is 13.1. The Hall–Kier alpha value is -5.18. The van der Waals surface area contributed by atoms with Gasteiger partial charge < -0.3 is 25.8 Å². The Morgan fingerprint density at radius 3 is 2.17 bits per heavy atom. The van der Waals surface area contributed by atoms with Gasteiger partial charge in [-0.15, -0.1) is 0 Å². The van der Waals surface area contributed by atoms with E-state index in [0.29, 0.717) is 12.1 Å². The monoisotopic (exact) mass is 632 g/mol. The van der Waals surface area contributed by atoms with Crippen LogP contribution >= 0.6 is 0 Å². The molecule has 9 nitrogen and oxygen atoms in total. The predicted octanol–water partition coefficient (Wildman–Crippen LogP) is 7.88. The molecule has 0 saturated heterocycles. The fourth-order valence-corrected chi connectivity index (χ4v) is 6.69. The van der Waals surface area contributed by atoms with Gasteiger partial charge in [-0.05, 0) is 73.6 Å². The number of amides is 3. The van der Waals surface area contributed by atoms with Crippen molar-refractivity contribution >= 4 is 23.8 Å². The predicted molar refractivity (Wildman–Crippen MR) is 181 cm³/mol. The summed E-state index contributed by atoms with van der Waals surface area (Å²) >= 11 is 0. The minimum Gasteiger partial charge on any atom is -0.465 e. The molecule has 0 aliphatic heterocycles. The van der Waals surface area contributed by atoms with Crippen LogP contribution in [0.2, 0.25) is 0 Å². The molecule has 0 atom stereocenters. The van der Waals surface area contributed by atoms with Crippen LogP contribution in [0.15, 0.2) is 97.2 Å². The zero-order valence-electron chi connectivity index (χ0n) is 26.3. The van der Waals surface area contributed by atoms with Crippen LogP contribution < -0.4 is 16.0 Å². The van der Waals surface area contributed by atoms with Crippen molar-refractivity contribution in [3.05, 3.63) is 108 Å². The smallest absolute Gasteiger partial charge is 0.407 e. The molecule has 2 aliphatic carbocycles. The topological polar surface area (TPSA) is 130 Å². The minimum atomic E-state index is -1.01. The first-order valence-corrected chi connectivity index (χ1v) is 16.3. The van der Waals surface area contributed by atoms with Gasteiger partial charge in [-0.25, -0.2) is 9.59 Å². The highest BCUT2D eigenvalue weighted by Gasteiger charge is 2.40. The van der Waals surface area contributed by atoms with Crippen LogP contribution in [-0.4, -0.2) is 34.2 Å². The summed E-state index contributed by atoms with van der Waals surface area (Å²) in [6, 6.07) is 29.5. The van der Waals surface area contributed by atoms with Gasteiger partial charge in [0.05, 0.1) is 23.1 Å². The Balaban J connectivity index is 1.06. The molecule has 3 amide bonds. The zero-order valence-corrected chi connectivity index (χ0v) is 26.3. The molecule has 0 radical (unpaired) electrons. The Bertz CT molecular complexity index is 1680. The summed E-state index contributed by atoms with van der Waals surface area (Å²) in [5, 5.41) is 18.1. The van der Waals surface area contributed by atoms with E-state index in [4.69, 9.17) is 9.72 Å². The number of hydrogen-bond donors (Lipinski definition) is 4. The number of pyridine rings is 1. The van der Waals surface area contributed by atoms with Gasteiger partial charge >= 0.3 is 12.2 Å². The lowest BCUT2D eigenvalue weighted by molar-refractivity contribution is -0.117. The third-order valence-corrected chi connectivity index (χ3v) is 9.38. The third kappa shape index (κ3) is 7.98. The van der Waals surface area contributed by atoms with Crippen molar-refractivity contribution < 1.29 is 24.2 Å². The van der Waals surface area contributed by atoms with Crippen LogP contribution in [0.3, 0.4) is 0 Å². The lowest BCUT2D eigenvalue weighted by atomic mass is 9.71. The number of aromatic nitrogens is 1. The Kier molecular flexibility index (Phi) is 9.80. The first-order chi connectivity index (χ1) is 22.9. The van der Waals surface area contributed by atoms with Gasteiger partial charge in [-0.1, -0.05) is 84.9 Å². The van der Waals surface area contributed by atoms with E-state index in [-0.39, 0.29) is 24.5 Å². The third-order valence-electron chi connectivity index (χ3n) is 9.38. The van der Waals surface area contributed by atoms with E-state index in [2.05, 4.69) is 16.0 Å². The molecule has 4 N–H and O–H groups in total. The van der Waals surface area contributed by atoms with Gasteiger partial charge in [0.1, 0.15) is 6.61 Å².